The third-order valence-electron chi connectivity index (χ3n) is 1.87. The number of likely N-dealkylation sites (N-methyl/N-ethyl adjacent to an activating group) is 1. The highest BCUT2D eigenvalue weighted by atomic mass is 16.5. The fourth-order valence-corrected chi connectivity index (χ4v) is 1.06. The maximum absolute atomic E-state index is 8.70. The number of hydrogen-bond acceptors (Lipinski definition) is 5. The van der Waals surface area contributed by atoms with E-state index < -0.39 is 0 Å². The predicted octanol–water partition coefficient (Wildman–Crippen LogP) is 0.617. The van der Waals surface area contributed by atoms with Crippen molar-refractivity contribution in [3.8, 4) is 0 Å². The van der Waals surface area contributed by atoms with Crippen LogP contribution in [0.1, 0.15) is 31.5 Å². The van der Waals surface area contributed by atoms with Gasteiger partial charge in [-0.25, -0.2) is 0 Å². The van der Waals surface area contributed by atoms with Crippen LogP contribution >= 0.6 is 0 Å². The summed E-state index contributed by atoms with van der Waals surface area (Å²) in [6, 6.07) is 0. The van der Waals surface area contributed by atoms with E-state index in [-0.39, 0.29) is 12.5 Å². The van der Waals surface area contributed by atoms with E-state index in [4.69, 9.17) is 9.63 Å². The first-order chi connectivity index (χ1) is 6.63. The summed E-state index contributed by atoms with van der Waals surface area (Å²) in [5.74, 6) is 1.60. The molecular weight excluding hydrogens is 182 g/mol. The zero-order chi connectivity index (χ0) is 10.6. The highest BCUT2D eigenvalue weighted by molar-refractivity contribution is 4.90. The van der Waals surface area contributed by atoms with Crippen LogP contribution in [0.25, 0.3) is 0 Å². The molecule has 0 aliphatic carbocycles. The quantitative estimate of drug-likeness (QED) is 0.753. The molecule has 14 heavy (non-hydrogen) atoms. The van der Waals surface area contributed by atoms with Crippen LogP contribution in [-0.2, 0) is 6.54 Å². The molecule has 1 aromatic heterocycles. The second kappa shape index (κ2) is 5.07. The van der Waals surface area contributed by atoms with Crippen LogP contribution in [0.5, 0.6) is 0 Å². The molecule has 0 saturated heterocycles. The Morgan fingerprint density at radius 1 is 1.50 bits per heavy atom. The minimum absolute atomic E-state index is 0.144. The first-order valence-corrected chi connectivity index (χ1v) is 4.75. The molecule has 0 aromatic carbocycles. The number of aliphatic hydroxyl groups is 1. The Morgan fingerprint density at radius 2 is 2.21 bits per heavy atom. The molecule has 1 aromatic rings. The average Bonchev–Trinajstić information content (AvgIpc) is 2.53. The minimum atomic E-state index is 0.144. The number of nitrogens with zero attached hydrogens (tertiary/aromatic N) is 3. The topological polar surface area (TPSA) is 62.4 Å². The van der Waals surface area contributed by atoms with Gasteiger partial charge in [-0.15, -0.1) is 0 Å². The molecule has 80 valence electrons. The monoisotopic (exact) mass is 199 g/mol. The third-order valence-corrected chi connectivity index (χ3v) is 1.87. The Hall–Kier alpha value is -0.940. The van der Waals surface area contributed by atoms with Gasteiger partial charge in [0.2, 0.25) is 5.89 Å². The summed E-state index contributed by atoms with van der Waals surface area (Å²) >= 11 is 0. The van der Waals surface area contributed by atoms with Gasteiger partial charge in [-0.05, 0) is 7.05 Å². The molecule has 0 saturated carbocycles. The normalized spacial score (nSPS) is 11.6. The SMILES string of the molecule is CC(C)c1nc(CN(C)CCO)no1. The zero-order valence-corrected chi connectivity index (χ0v) is 8.90. The van der Waals surface area contributed by atoms with Gasteiger partial charge in [-0.1, -0.05) is 19.0 Å². The molecule has 0 spiro atoms. The fourth-order valence-electron chi connectivity index (χ4n) is 1.06. The van der Waals surface area contributed by atoms with E-state index in [9.17, 15) is 0 Å². The van der Waals surface area contributed by atoms with Crippen molar-refractivity contribution < 1.29 is 9.63 Å². The van der Waals surface area contributed by atoms with Crippen LogP contribution in [0.2, 0.25) is 0 Å². The van der Waals surface area contributed by atoms with E-state index in [1.165, 1.54) is 0 Å². The molecule has 0 fully saturated rings. The van der Waals surface area contributed by atoms with Crippen LogP contribution in [0.3, 0.4) is 0 Å². The summed E-state index contributed by atoms with van der Waals surface area (Å²) in [5.41, 5.74) is 0. The minimum Gasteiger partial charge on any atom is -0.395 e. The Labute approximate surface area is 83.7 Å². The number of hydrogen-bond donors (Lipinski definition) is 1. The maximum Gasteiger partial charge on any atom is 0.229 e. The molecule has 0 radical (unpaired) electrons. The summed E-state index contributed by atoms with van der Waals surface area (Å²) in [6.45, 7) is 5.39. The lowest BCUT2D eigenvalue weighted by molar-refractivity contribution is 0.213. The lowest BCUT2D eigenvalue weighted by Crippen LogP contribution is -2.22. The van der Waals surface area contributed by atoms with Crippen LogP contribution in [0, 0.1) is 0 Å². The second-order valence-electron chi connectivity index (χ2n) is 3.66. The first kappa shape index (κ1) is 11.1. The van der Waals surface area contributed by atoms with Crippen molar-refractivity contribution in [3.63, 3.8) is 0 Å². The molecule has 0 amide bonds. The standard InChI is InChI=1S/C9H17N3O2/c1-7(2)9-10-8(11-14-9)6-12(3)4-5-13/h7,13H,4-6H2,1-3H3. The maximum atomic E-state index is 8.70. The highest BCUT2D eigenvalue weighted by Crippen LogP contribution is 2.11. The van der Waals surface area contributed by atoms with Crippen molar-refractivity contribution in [1.82, 2.24) is 15.0 Å². The molecule has 1 rings (SSSR count). The summed E-state index contributed by atoms with van der Waals surface area (Å²) < 4.78 is 5.05. The molecule has 5 nitrogen and oxygen atoms in total. The molecule has 0 unspecified atom stereocenters. The van der Waals surface area contributed by atoms with E-state index in [0.29, 0.717) is 24.8 Å². The van der Waals surface area contributed by atoms with E-state index in [1.807, 2.05) is 25.8 Å². The van der Waals surface area contributed by atoms with Gasteiger partial charge < -0.3 is 9.63 Å². The van der Waals surface area contributed by atoms with Crippen molar-refractivity contribution >= 4 is 0 Å². The van der Waals surface area contributed by atoms with E-state index in [1.54, 1.807) is 0 Å². The third kappa shape index (κ3) is 3.08. The Bertz CT molecular complexity index is 273. The van der Waals surface area contributed by atoms with Crippen LogP contribution in [0.4, 0.5) is 0 Å². The highest BCUT2D eigenvalue weighted by Gasteiger charge is 2.10. The van der Waals surface area contributed by atoms with Gasteiger partial charge >= 0.3 is 0 Å². The molecule has 0 atom stereocenters. The predicted molar refractivity (Wildman–Crippen MR) is 51.8 cm³/mol. The smallest absolute Gasteiger partial charge is 0.229 e. The summed E-state index contributed by atoms with van der Waals surface area (Å²) in [5, 5.41) is 12.6. The van der Waals surface area contributed by atoms with Gasteiger partial charge in [0.25, 0.3) is 0 Å². The Kier molecular flexibility index (Phi) is 4.03. The molecule has 0 aliphatic heterocycles. The van der Waals surface area contributed by atoms with Gasteiger partial charge in [-0.3, -0.25) is 4.90 Å². The fraction of sp³-hybridized carbons (Fsp3) is 0.778. The van der Waals surface area contributed by atoms with E-state index >= 15 is 0 Å². The van der Waals surface area contributed by atoms with Gasteiger partial charge in [0.15, 0.2) is 5.82 Å². The largest absolute Gasteiger partial charge is 0.395 e. The van der Waals surface area contributed by atoms with Gasteiger partial charge in [0.1, 0.15) is 0 Å². The molecule has 1 heterocycles. The van der Waals surface area contributed by atoms with Crippen LogP contribution in [0.15, 0.2) is 4.52 Å². The Balaban J connectivity index is 2.51. The number of rotatable bonds is 5. The van der Waals surface area contributed by atoms with E-state index in [2.05, 4.69) is 10.1 Å². The zero-order valence-electron chi connectivity index (χ0n) is 8.90. The van der Waals surface area contributed by atoms with Crippen molar-refractivity contribution in [2.45, 2.75) is 26.3 Å². The summed E-state index contributed by atoms with van der Waals surface area (Å²) in [7, 11) is 1.90. The summed E-state index contributed by atoms with van der Waals surface area (Å²) in [6.07, 6.45) is 0. The van der Waals surface area contributed by atoms with Crippen molar-refractivity contribution in [2.24, 2.45) is 0 Å². The van der Waals surface area contributed by atoms with Gasteiger partial charge in [0, 0.05) is 12.5 Å². The van der Waals surface area contributed by atoms with Crippen LogP contribution < -0.4 is 0 Å². The van der Waals surface area contributed by atoms with Gasteiger partial charge in [-0.2, -0.15) is 4.98 Å². The molecular formula is C9H17N3O2. The molecule has 0 aliphatic rings. The summed E-state index contributed by atoms with van der Waals surface area (Å²) in [4.78, 5) is 6.17. The molecule has 1 N–H and O–H groups in total. The average molecular weight is 199 g/mol. The Morgan fingerprint density at radius 3 is 2.71 bits per heavy atom. The molecule has 0 bridgehead atoms. The van der Waals surface area contributed by atoms with Crippen LogP contribution in [-0.4, -0.2) is 40.3 Å². The van der Waals surface area contributed by atoms with Crippen molar-refractivity contribution in [3.05, 3.63) is 11.7 Å². The molecule has 5 heteroatoms. The lowest BCUT2D eigenvalue weighted by atomic mass is 10.2. The first-order valence-electron chi connectivity index (χ1n) is 4.75. The second-order valence-corrected chi connectivity index (χ2v) is 3.66. The number of aliphatic hydroxyl groups excluding tert-OH is 1. The van der Waals surface area contributed by atoms with Crippen molar-refractivity contribution in [2.75, 3.05) is 20.2 Å². The van der Waals surface area contributed by atoms with E-state index in [0.717, 1.165) is 0 Å². The van der Waals surface area contributed by atoms with Crippen molar-refractivity contribution in [1.29, 1.82) is 0 Å². The number of aromatic nitrogens is 2. The van der Waals surface area contributed by atoms with Gasteiger partial charge in [0.05, 0.1) is 13.2 Å². The lowest BCUT2D eigenvalue weighted by Gasteiger charge is -2.11.